The molecule has 2 saturated heterocycles. The average molecular weight is 167 g/mol. The molecular weight excluding hydrogens is 154 g/mol. The smallest absolute Gasteiger partial charge is 0.176 e. The molecule has 3 unspecified atom stereocenters. The monoisotopic (exact) mass is 167 g/mol. The first-order valence-electron chi connectivity index (χ1n) is 4.48. The lowest BCUT2D eigenvalue weighted by Gasteiger charge is -2.10. The second kappa shape index (κ2) is 2.72. The van der Waals surface area contributed by atoms with Crippen molar-refractivity contribution in [2.75, 3.05) is 13.2 Å². The van der Waals surface area contributed by atoms with E-state index in [-0.39, 0.29) is 11.7 Å². The maximum Gasteiger partial charge on any atom is 0.176 e. The molecule has 2 aliphatic rings. The van der Waals surface area contributed by atoms with E-state index in [0.717, 1.165) is 19.4 Å². The zero-order valence-corrected chi connectivity index (χ0v) is 7.25. The molecule has 2 fully saturated rings. The van der Waals surface area contributed by atoms with Gasteiger partial charge in [0, 0.05) is 5.92 Å². The van der Waals surface area contributed by atoms with E-state index in [1.54, 1.807) is 0 Å². The zero-order chi connectivity index (χ0) is 8.60. The minimum Gasteiger partial charge on any atom is -0.378 e. The molecule has 1 spiro atoms. The van der Waals surface area contributed by atoms with E-state index in [9.17, 15) is 0 Å². The van der Waals surface area contributed by atoms with Crippen LogP contribution in [0.1, 0.15) is 19.8 Å². The molecule has 0 aromatic rings. The van der Waals surface area contributed by atoms with Crippen LogP contribution in [0.25, 0.3) is 0 Å². The highest BCUT2D eigenvalue weighted by atomic mass is 16.6. The normalized spacial score (nSPS) is 44.7. The summed E-state index contributed by atoms with van der Waals surface area (Å²) < 4.78 is 10.7. The topological polar surface area (TPSA) is 45.5 Å². The Bertz CT molecular complexity index is 223. The van der Waals surface area contributed by atoms with Crippen LogP contribution >= 0.6 is 0 Å². The number of hydrogen-bond acceptors (Lipinski definition) is 3. The molecule has 2 rings (SSSR count). The Morgan fingerprint density at radius 2 is 2.50 bits per heavy atom. The fraction of sp³-hybridized carbons (Fsp3) is 0.889. The van der Waals surface area contributed by atoms with Gasteiger partial charge in [-0.15, -0.1) is 0 Å². The second-order valence-corrected chi connectivity index (χ2v) is 3.58. The molecular formula is C9H13NO2. The van der Waals surface area contributed by atoms with Crippen LogP contribution in [0.15, 0.2) is 0 Å². The lowest BCUT2D eigenvalue weighted by atomic mass is 9.89. The Balaban J connectivity index is 2.02. The van der Waals surface area contributed by atoms with Crippen LogP contribution in [-0.2, 0) is 9.47 Å². The van der Waals surface area contributed by atoms with Crippen molar-refractivity contribution in [1.29, 1.82) is 5.26 Å². The first kappa shape index (κ1) is 8.03. The van der Waals surface area contributed by atoms with E-state index < -0.39 is 0 Å². The number of ether oxygens (including phenoxy) is 2. The first-order chi connectivity index (χ1) is 5.83. The van der Waals surface area contributed by atoms with Gasteiger partial charge in [0.05, 0.1) is 19.3 Å². The van der Waals surface area contributed by atoms with Gasteiger partial charge in [0.15, 0.2) is 6.10 Å². The van der Waals surface area contributed by atoms with E-state index in [1.165, 1.54) is 0 Å². The van der Waals surface area contributed by atoms with Crippen LogP contribution in [0, 0.1) is 17.2 Å². The third kappa shape index (κ3) is 0.954. The van der Waals surface area contributed by atoms with Crippen LogP contribution in [0.4, 0.5) is 0 Å². The quantitative estimate of drug-likeness (QED) is 0.578. The summed E-state index contributed by atoms with van der Waals surface area (Å²) in [6.45, 7) is 3.54. The van der Waals surface area contributed by atoms with Crippen LogP contribution in [0.5, 0.6) is 0 Å². The Labute approximate surface area is 72.3 Å². The molecule has 3 heteroatoms. The van der Waals surface area contributed by atoms with E-state index in [4.69, 9.17) is 14.7 Å². The van der Waals surface area contributed by atoms with Crippen molar-refractivity contribution in [2.24, 2.45) is 5.92 Å². The molecule has 66 valence electrons. The second-order valence-electron chi connectivity index (χ2n) is 3.58. The summed E-state index contributed by atoms with van der Waals surface area (Å²) in [6.07, 6.45) is 2.05. The number of rotatable bonds is 2. The van der Waals surface area contributed by atoms with Crippen molar-refractivity contribution in [3.05, 3.63) is 0 Å². The molecule has 0 bridgehead atoms. The third-order valence-electron chi connectivity index (χ3n) is 2.82. The fourth-order valence-electron chi connectivity index (χ4n) is 2.04. The van der Waals surface area contributed by atoms with E-state index >= 15 is 0 Å². The van der Waals surface area contributed by atoms with E-state index in [0.29, 0.717) is 12.5 Å². The van der Waals surface area contributed by atoms with Gasteiger partial charge in [0.2, 0.25) is 0 Å². The molecule has 12 heavy (non-hydrogen) atoms. The third-order valence-corrected chi connectivity index (χ3v) is 2.82. The molecule has 0 radical (unpaired) electrons. The fourth-order valence-corrected chi connectivity index (χ4v) is 2.04. The van der Waals surface area contributed by atoms with Crippen LogP contribution in [-0.4, -0.2) is 24.9 Å². The molecule has 3 nitrogen and oxygen atoms in total. The van der Waals surface area contributed by atoms with Gasteiger partial charge >= 0.3 is 0 Å². The molecule has 0 saturated carbocycles. The molecule has 0 aromatic heterocycles. The highest BCUT2D eigenvalue weighted by molar-refractivity contribution is 5.18. The molecule has 0 N–H and O–H groups in total. The summed E-state index contributed by atoms with van der Waals surface area (Å²) in [5.41, 5.74) is -0.204. The Morgan fingerprint density at radius 1 is 1.67 bits per heavy atom. The maximum atomic E-state index is 8.69. The van der Waals surface area contributed by atoms with Gasteiger partial charge in [0.25, 0.3) is 0 Å². The predicted octanol–water partition coefficient (Wildman–Crippen LogP) is 1.09. The molecule has 2 heterocycles. The van der Waals surface area contributed by atoms with Crippen molar-refractivity contribution in [3.8, 4) is 6.07 Å². The van der Waals surface area contributed by atoms with Crippen LogP contribution in [0.2, 0.25) is 0 Å². The zero-order valence-electron chi connectivity index (χ0n) is 7.25. The summed E-state index contributed by atoms with van der Waals surface area (Å²) in [6, 6.07) is 2.16. The van der Waals surface area contributed by atoms with Gasteiger partial charge in [-0.2, -0.15) is 5.26 Å². The summed E-state index contributed by atoms with van der Waals surface area (Å²) in [5.74, 6) is 0.451. The van der Waals surface area contributed by atoms with E-state index in [1.807, 2.05) is 0 Å². The van der Waals surface area contributed by atoms with Gasteiger partial charge < -0.3 is 9.47 Å². The highest BCUT2D eigenvalue weighted by Gasteiger charge is 2.64. The first-order valence-corrected chi connectivity index (χ1v) is 4.48. The van der Waals surface area contributed by atoms with Gasteiger partial charge in [-0.3, -0.25) is 0 Å². The predicted molar refractivity (Wildman–Crippen MR) is 42.4 cm³/mol. The van der Waals surface area contributed by atoms with Crippen LogP contribution < -0.4 is 0 Å². The standard InChI is InChI=1S/C9H13NO2/c1-2-3-7-5-11-6-9(7)8(4-10)12-9/h7-8H,2-3,5-6H2,1H3. The number of nitrogens with zero attached hydrogens (tertiary/aromatic N) is 1. The highest BCUT2D eigenvalue weighted by Crippen LogP contribution is 2.48. The van der Waals surface area contributed by atoms with Gasteiger partial charge in [-0.05, 0) is 6.42 Å². The molecule has 0 aromatic carbocycles. The van der Waals surface area contributed by atoms with E-state index in [2.05, 4.69) is 13.0 Å². The number of nitriles is 1. The van der Waals surface area contributed by atoms with Gasteiger partial charge in [-0.1, -0.05) is 13.3 Å². The van der Waals surface area contributed by atoms with Crippen molar-refractivity contribution in [1.82, 2.24) is 0 Å². The molecule has 0 aliphatic carbocycles. The molecule has 3 atom stereocenters. The lowest BCUT2D eigenvalue weighted by Crippen LogP contribution is -2.24. The van der Waals surface area contributed by atoms with Crippen LogP contribution in [0.3, 0.4) is 0 Å². The Morgan fingerprint density at radius 3 is 3.08 bits per heavy atom. The molecule has 2 aliphatic heterocycles. The average Bonchev–Trinajstić information content (AvgIpc) is 2.64. The Hall–Kier alpha value is -0.590. The van der Waals surface area contributed by atoms with Crippen molar-refractivity contribution >= 4 is 0 Å². The number of epoxide rings is 1. The SMILES string of the molecule is CCCC1COCC12OC2C#N. The number of hydrogen-bond donors (Lipinski definition) is 0. The van der Waals surface area contributed by atoms with Gasteiger partial charge in [-0.25, -0.2) is 0 Å². The minimum absolute atomic E-state index is 0.198. The van der Waals surface area contributed by atoms with Crippen molar-refractivity contribution in [2.45, 2.75) is 31.5 Å². The Kier molecular flexibility index (Phi) is 1.82. The summed E-state index contributed by atoms with van der Waals surface area (Å²) in [5, 5.41) is 8.69. The summed E-state index contributed by atoms with van der Waals surface area (Å²) >= 11 is 0. The van der Waals surface area contributed by atoms with Gasteiger partial charge in [0.1, 0.15) is 5.60 Å². The summed E-state index contributed by atoms with van der Waals surface area (Å²) in [7, 11) is 0. The largest absolute Gasteiger partial charge is 0.378 e. The van der Waals surface area contributed by atoms with Crippen molar-refractivity contribution < 1.29 is 9.47 Å². The minimum atomic E-state index is -0.204. The summed E-state index contributed by atoms with van der Waals surface area (Å²) in [4.78, 5) is 0. The maximum absolute atomic E-state index is 8.69. The lowest BCUT2D eigenvalue weighted by molar-refractivity contribution is 0.170. The van der Waals surface area contributed by atoms with Crippen molar-refractivity contribution in [3.63, 3.8) is 0 Å². The molecule has 0 amide bonds.